The lowest BCUT2D eigenvalue weighted by Gasteiger charge is -2.35. The molecule has 3 N–H and O–H groups in total. The number of nitrogens with zero attached hydrogens (tertiary/aromatic N) is 1. The van der Waals surface area contributed by atoms with Gasteiger partial charge in [0.1, 0.15) is 5.82 Å². The molecule has 0 aromatic heterocycles. The minimum Gasteiger partial charge on any atom is -0.478 e. The first kappa shape index (κ1) is 13.3. The summed E-state index contributed by atoms with van der Waals surface area (Å²) in [4.78, 5) is 23.4. The van der Waals surface area contributed by atoms with E-state index in [1.54, 1.807) is 6.92 Å². The number of carbonyl (C=O) groups excluding carboxylic acids is 1. The van der Waals surface area contributed by atoms with E-state index in [2.05, 4.69) is 5.32 Å². The average molecular weight is 268 g/mol. The molecule has 1 aliphatic rings. The van der Waals surface area contributed by atoms with Gasteiger partial charge in [0.05, 0.1) is 5.56 Å². The van der Waals surface area contributed by atoms with Crippen LogP contribution in [0.5, 0.6) is 0 Å². The Morgan fingerprint density at radius 3 is 2.79 bits per heavy atom. The highest BCUT2D eigenvalue weighted by atomic mass is 19.1. The lowest BCUT2D eigenvalue weighted by Crippen LogP contribution is -2.54. The molecule has 1 heterocycles. The fourth-order valence-corrected chi connectivity index (χ4v) is 2.03. The third-order valence-corrected chi connectivity index (χ3v) is 2.99. The van der Waals surface area contributed by atoms with Gasteiger partial charge in [0.25, 0.3) is 0 Å². The number of anilines is 1. The van der Waals surface area contributed by atoms with E-state index in [1.165, 1.54) is 4.90 Å². The highest BCUT2D eigenvalue weighted by Crippen LogP contribution is 2.26. The predicted molar refractivity (Wildman–Crippen MR) is 64.2 cm³/mol. The van der Waals surface area contributed by atoms with Crippen molar-refractivity contribution in [3.05, 3.63) is 29.1 Å². The van der Waals surface area contributed by atoms with Gasteiger partial charge in [-0.2, -0.15) is 0 Å². The van der Waals surface area contributed by atoms with Crippen LogP contribution in [0.1, 0.15) is 22.3 Å². The average Bonchev–Trinajstić information content (AvgIpc) is 2.30. The van der Waals surface area contributed by atoms with Crippen molar-refractivity contribution < 1.29 is 24.2 Å². The minimum atomic E-state index is -1.38. The first-order valence-electron chi connectivity index (χ1n) is 5.67. The standard InChI is InChI=1S/C12H13FN2O4/c1-6-4-8(13)7(11(17)18)5-9(6)15-3-2-10(16)14-12(15)19/h4-5,12,19H,2-3H2,1H3,(H,14,16)(H,17,18). The van der Waals surface area contributed by atoms with Crippen LogP contribution < -0.4 is 10.2 Å². The van der Waals surface area contributed by atoms with E-state index in [9.17, 15) is 19.1 Å². The predicted octanol–water partition coefficient (Wildman–Crippen LogP) is 0.435. The number of rotatable bonds is 2. The van der Waals surface area contributed by atoms with Gasteiger partial charge in [0.2, 0.25) is 12.3 Å². The molecule has 102 valence electrons. The van der Waals surface area contributed by atoms with Crippen molar-refractivity contribution in [3.63, 3.8) is 0 Å². The number of aliphatic hydroxyl groups excluding tert-OH is 1. The van der Waals surface area contributed by atoms with Gasteiger partial charge in [-0.1, -0.05) is 0 Å². The zero-order valence-electron chi connectivity index (χ0n) is 10.2. The molecule has 6 nitrogen and oxygen atoms in total. The topological polar surface area (TPSA) is 89.9 Å². The summed E-state index contributed by atoms with van der Waals surface area (Å²) in [5.74, 6) is -2.50. The molecule has 1 fully saturated rings. The van der Waals surface area contributed by atoms with E-state index in [-0.39, 0.29) is 18.9 Å². The van der Waals surface area contributed by atoms with Crippen LogP contribution in [-0.2, 0) is 4.79 Å². The van der Waals surface area contributed by atoms with Crippen molar-refractivity contribution in [2.75, 3.05) is 11.4 Å². The SMILES string of the molecule is Cc1cc(F)c(C(=O)O)cc1N1CCC(=O)NC1O. The Balaban J connectivity index is 2.41. The molecule has 0 bridgehead atoms. The highest BCUT2D eigenvalue weighted by molar-refractivity contribution is 5.90. The maximum absolute atomic E-state index is 13.5. The number of benzene rings is 1. The maximum Gasteiger partial charge on any atom is 0.338 e. The molecule has 1 aromatic rings. The Morgan fingerprint density at radius 2 is 2.21 bits per heavy atom. The number of hydrogen-bond acceptors (Lipinski definition) is 4. The first-order chi connectivity index (χ1) is 8.90. The number of carboxylic acid groups (broad SMARTS) is 1. The smallest absolute Gasteiger partial charge is 0.338 e. The summed E-state index contributed by atoms with van der Waals surface area (Å²) in [5.41, 5.74) is 0.397. The van der Waals surface area contributed by atoms with Gasteiger partial charge < -0.3 is 20.4 Å². The van der Waals surface area contributed by atoms with E-state index in [0.717, 1.165) is 12.1 Å². The lowest BCUT2D eigenvalue weighted by atomic mass is 10.1. The molecular weight excluding hydrogens is 255 g/mol. The molecule has 0 saturated carbocycles. The number of nitrogens with one attached hydrogen (secondary N) is 1. The summed E-state index contributed by atoms with van der Waals surface area (Å²) in [5, 5.41) is 21.0. The number of carboxylic acids is 1. The van der Waals surface area contributed by atoms with E-state index >= 15 is 0 Å². The number of halogens is 1. The van der Waals surface area contributed by atoms with Crippen molar-refractivity contribution in [2.45, 2.75) is 19.7 Å². The van der Waals surface area contributed by atoms with E-state index in [4.69, 9.17) is 5.11 Å². The van der Waals surface area contributed by atoms with Crippen LogP contribution >= 0.6 is 0 Å². The molecule has 2 rings (SSSR count). The van der Waals surface area contributed by atoms with Crippen molar-refractivity contribution in [3.8, 4) is 0 Å². The van der Waals surface area contributed by atoms with Crippen LogP contribution in [-0.4, -0.2) is 35.0 Å². The van der Waals surface area contributed by atoms with Crippen LogP contribution in [0.4, 0.5) is 10.1 Å². The summed E-state index contributed by atoms with van der Waals surface area (Å²) in [6.07, 6.45) is -1.07. The van der Waals surface area contributed by atoms with Crippen LogP contribution in [0, 0.1) is 12.7 Å². The van der Waals surface area contributed by atoms with Crippen molar-refractivity contribution in [1.29, 1.82) is 0 Å². The first-order valence-corrected chi connectivity index (χ1v) is 5.67. The Morgan fingerprint density at radius 1 is 1.53 bits per heavy atom. The Bertz CT molecular complexity index is 547. The van der Waals surface area contributed by atoms with Gasteiger partial charge in [-0.25, -0.2) is 9.18 Å². The maximum atomic E-state index is 13.5. The third kappa shape index (κ3) is 2.50. The van der Waals surface area contributed by atoms with Gasteiger partial charge in [0, 0.05) is 18.7 Å². The Kier molecular flexibility index (Phi) is 3.39. The van der Waals surface area contributed by atoms with E-state index in [1.807, 2.05) is 0 Å². The quantitative estimate of drug-likeness (QED) is 0.724. The lowest BCUT2D eigenvalue weighted by molar-refractivity contribution is -0.125. The van der Waals surface area contributed by atoms with Crippen LogP contribution in [0.3, 0.4) is 0 Å². The van der Waals surface area contributed by atoms with Crippen LogP contribution in [0.25, 0.3) is 0 Å². The van der Waals surface area contributed by atoms with Gasteiger partial charge in [-0.3, -0.25) is 4.79 Å². The molecule has 0 radical (unpaired) electrons. The van der Waals surface area contributed by atoms with Gasteiger partial charge in [-0.05, 0) is 24.6 Å². The summed E-state index contributed by atoms with van der Waals surface area (Å²) in [6, 6.07) is 2.26. The number of carbonyl (C=O) groups is 2. The van der Waals surface area contributed by atoms with Crippen molar-refractivity contribution >= 4 is 17.6 Å². The van der Waals surface area contributed by atoms with Gasteiger partial charge in [-0.15, -0.1) is 0 Å². The summed E-state index contributed by atoms with van der Waals surface area (Å²) >= 11 is 0. The molecule has 1 amide bonds. The summed E-state index contributed by atoms with van der Waals surface area (Å²) in [7, 11) is 0. The fourth-order valence-electron chi connectivity index (χ4n) is 2.03. The minimum absolute atomic E-state index is 0.177. The third-order valence-electron chi connectivity index (χ3n) is 2.99. The van der Waals surface area contributed by atoms with Crippen LogP contribution in [0.15, 0.2) is 12.1 Å². The largest absolute Gasteiger partial charge is 0.478 e. The van der Waals surface area contributed by atoms with Crippen molar-refractivity contribution in [2.24, 2.45) is 0 Å². The molecule has 1 unspecified atom stereocenters. The summed E-state index contributed by atoms with van der Waals surface area (Å²) < 4.78 is 13.5. The number of aliphatic hydroxyl groups is 1. The number of hydrogen-bond donors (Lipinski definition) is 3. The number of aromatic carboxylic acids is 1. The fraction of sp³-hybridized carbons (Fsp3) is 0.333. The molecule has 1 atom stereocenters. The summed E-state index contributed by atoms with van der Waals surface area (Å²) in [6.45, 7) is 1.84. The van der Waals surface area contributed by atoms with E-state index in [0.29, 0.717) is 11.3 Å². The van der Waals surface area contributed by atoms with Gasteiger partial charge in [0.15, 0.2) is 0 Å². The second-order valence-electron chi connectivity index (χ2n) is 4.31. The zero-order valence-corrected chi connectivity index (χ0v) is 10.2. The molecule has 0 aliphatic carbocycles. The molecule has 7 heteroatoms. The molecule has 1 saturated heterocycles. The van der Waals surface area contributed by atoms with Gasteiger partial charge >= 0.3 is 5.97 Å². The van der Waals surface area contributed by atoms with E-state index < -0.39 is 23.7 Å². The number of aryl methyl sites for hydroxylation is 1. The van der Waals surface area contributed by atoms with Crippen LogP contribution in [0.2, 0.25) is 0 Å². The molecule has 19 heavy (non-hydrogen) atoms. The monoisotopic (exact) mass is 268 g/mol. The molecule has 1 aromatic carbocycles. The Labute approximate surface area is 108 Å². The highest BCUT2D eigenvalue weighted by Gasteiger charge is 2.26. The second kappa shape index (κ2) is 4.85. The second-order valence-corrected chi connectivity index (χ2v) is 4.31. The molecule has 1 aliphatic heterocycles. The zero-order chi connectivity index (χ0) is 14.2. The number of amides is 1. The normalized spacial score (nSPS) is 19.2. The molecule has 0 spiro atoms. The van der Waals surface area contributed by atoms with Crippen molar-refractivity contribution in [1.82, 2.24) is 5.32 Å². The Hall–Kier alpha value is -2.15. The molecular formula is C12H13FN2O4.